The second kappa shape index (κ2) is 11.9. The normalized spacial score (nSPS) is 15.1. The van der Waals surface area contributed by atoms with Gasteiger partial charge in [-0.3, -0.25) is 14.5 Å². The number of nitriles is 1. The molecular weight excluding hydrogens is 431 g/mol. The van der Waals surface area contributed by atoms with Crippen LogP contribution < -0.4 is 4.74 Å². The van der Waals surface area contributed by atoms with E-state index in [-0.39, 0.29) is 17.7 Å². The van der Waals surface area contributed by atoms with E-state index < -0.39 is 17.6 Å². The highest BCUT2D eigenvalue weighted by Gasteiger charge is 2.35. The topological polar surface area (TPSA) is 70.4 Å². The molecule has 1 aliphatic rings. The zero-order chi connectivity index (χ0) is 24.5. The van der Waals surface area contributed by atoms with Crippen molar-refractivity contribution in [3.05, 3.63) is 82.2 Å². The highest BCUT2D eigenvalue weighted by Crippen LogP contribution is 2.28. The highest BCUT2D eigenvalue weighted by molar-refractivity contribution is 6.19. The monoisotopic (exact) mass is 460 g/mol. The summed E-state index contributed by atoms with van der Waals surface area (Å²) in [6, 6.07) is 14.9. The molecule has 0 aromatic heterocycles. The Balaban J connectivity index is 1.76. The van der Waals surface area contributed by atoms with E-state index in [9.17, 15) is 19.2 Å². The number of unbranched alkanes of at least 4 members (excludes halogenated alkanes) is 4. The largest absolute Gasteiger partial charge is 0.494 e. The number of hydrogen-bond acceptors (Lipinski definition) is 4. The van der Waals surface area contributed by atoms with Gasteiger partial charge in [-0.2, -0.15) is 5.26 Å². The van der Waals surface area contributed by atoms with Crippen LogP contribution in [0.5, 0.6) is 5.75 Å². The molecule has 0 fully saturated rings. The molecule has 0 N–H and O–H groups in total. The number of nitrogens with zero attached hydrogens (tertiary/aromatic N) is 2. The Labute approximate surface area is 200 Å². The van der Waals surface area contributed by atoms with Crippen molar-refractivity contribution in [1.82, 2.24) is 4.90 Å². The van der Waals surface area contributed by atoms with Crippen molar-refractivity contribution in [3.8, 4) is 11.8 Å². The summed E-state index contributed by atoms with van der Waals surface area (Å²) in [6.07, 6.45) is 7.52. The molecule has 3 rings (SSSR count). The zero-order valence-corrected chi connectivity index (χ0v) is 19.6. The fourth-order valence-electron chi connectivity index (χ4n) is 3.77. The van der Waals surface area contributed by atoms with Crippen molar-refractivity contribution in [2.24, 2.45) is 0 Å². The SMILES string of the molecule is CCCCCCCOc1ccc(/C=C2/C(=O)N(Cc3ccc(F)cc3)C(=O)C(C#N)=C2C)cc1. The lowest BCUT2D eigenvalue weighted by Crippen LogP contribution is -2.42. The van der Waals surface area contributed by atoms with Crippen LogP contribution in [-0.2, 0) is 16.1 Å². The standard InChI is InChI=1S/C28H29FN2O3/c1-3-4-5-6-7-16-34-24-14-10-21(11-15-24)17-25-20(2)26(18-30)28(33)31(27(25)32)19-22-8-12-23(29)13-9-22/h8-15,17H,3-7,16,19H2,1-2H3/b25-17+. The summed E-state index contributed by atoms with van der Waals surface area (Å²) in [5.41, 5.74) is 1.90. The van der Waals surface area contributed by atoms with Gasteiger partial charge in [0.15, 0.2) is 0 Å². The van der Waals surface area contributed by atoms with E-state index in [1.165, 1.54) is 43.5 Å². The van der Waals surface area contributed by atoms with Crippen LogP contribution in [0.1, 0.15) is 57.1 Å². The summed E-state index contributed by atoms with van der Waals surface area (Å²) in [7, 11) is 0. The Hall–Kier alpha value is -3.72. The molecule has 0 spiro atoms. The van der Waals surface area contributed by atoms with E-state index in [0.29, 0.717) is 17.7 Å². The minimum atomic E-state index is -0.644. The van der Waals surface area contributed by atoms with Gasteiger partial charge in [-0.15, -0.1) is 0 Å². The van der Waals surface area contributed by atoms with E-state index in [1.54, 1.807) is 13.0 Å². The first-order valence-electron chi connectivity index (χ1n) is 11.6. The number of ether oxygens (including phenoxy) is 1. The average Bonchev–Trinajstić information content (AvgIpc) is 2.84. The molecule has 5 nitrogen and oxygen atoms in total. The van der Waals surface area contributed by atoms with Gasteiger partial charge < -0.3 is 4.74 Å². The molecular formula is C28H29FN2O3. The van der Waals surface area contributed by atoms with Crippen LogP contribution in [0.3, 0.4) is 0 Å². The Kier molecular flexibility index (Phi) is 8.75. The number of benzene rings is 2. The van der Waals surface area contributed by atoms with Gasteiger partial charge in [-0.1, -0.05) is 56.9 Å². The Morgan fingerprint density at radius 2 is 1.65 bits per heavy atom. The lowest BCUT2D eigenvalue weighted by Gasteiger charge is -2.27. The first-order valence-corrected chi connectivity index (χ1v) is 11.6. The van der Waals surface area contributed by atoms with E-state index in [1.807, 2.05) is 30.3 Å². The predicted octanol–water partition coefficient (Wildman–Crippen LogP) is 5.97. The second-order valence-electron chi connectivity index (χ2n) is 8.32. The van der Waals surface area contributed by atoms with Crippen LogP contribution in [0, 0.1) is 17.1 Å². The number of halogens is 1. The van der Waals surface area contributed by atoms with Gasteiger partial charge in [-0.05, 0) is 60.4 Å². The number of hydrogen-bond donors (Lipinski definition) is 0. The fourth-order valence-corrected chi connectivity index (χ4v) is 3.77. The molecule has 0 atom stereocenters. The van der Waals surface area contributed by atoms with Crippen LogP contribution in [0.15, 0.2) is 65.3 Å². The lowest BCUT2D eigenvalue weighted by molar-refractivity contribution is -0.141. The Morgan fingerprint density at radius 3 is 2.29 bits per heavy atom. The minimum absolute atomic E-state index is 0.0429. The van der Waals surface area contributed by atoms with Crippen LogP contribution in [0.25, 0.3) is 6.08 Å². The van der Waals surface area contributed by atoms with Crippen molar-refractivity contribution in [1.29, 1.82) is 5.26 Å². The van der Waals surface area contributed by atoms with E-state index >= 15 is 0 Å². The molecule has 176 valence electrons. The highest BCUT2D eigenvalue weighted by atomic mass is 19.1. The lowest BCUT2D eigenvalue weighted by atomic mass is 9.93. The molecule has 1 heterocycles. The number of amides is 2. The van der Waals surface area contributed by atoms with Crippen LogP contribution in [0.2, 0.25) is 0 Å². The number of rotatable bonds is 10. The van der Waals surface area contributed by atoms with Gasteiger partial charge in [0.05, 0.1) is 13.2 Å². The second-order valence-corrected chi connectivity index (χ2v) is 8.32. The zero-order valence-electron chi connectivity index (χ0n) is 19.6. The quantitative estimate of drug-likeness (QED) is 0.249. The van der Waals surface area contributed by atoms with E-state index in [2.05, 4.69) is 6.92 Å². The van der Waals surface area contributed by atoms with Crippen LogP contribution >= 0.6 is 0 Å². The molecule has 34 heavy (non-hydrogen) atoms. The summed E-state index contributed by atoms with van der Waals surface area (Å²) < 4.78 is 19.0. The van der Waals surface area contributed by atoms with Gasteiger partial charge >= 0.3 is 0 Å². The van der Waals surface area contributed by atoms with Crippen molar-refractivity contribution in [2.45, 2.75) is 52.5 Å². The molecule has 0 saturated carbocycles. The molecule has 0 unspecified atom stereocenters. The van der Waals surface area contributed by atoms with Crippen molar-refractivity contribution in [3.63, 3.8) is 0 Å². The summed E-state index contributed by atoms with van der Waals surface area (Å²) in [6.45, 7) is 4.41. The minimum Gasteiger partial charge on any atom is -0.494 e. The number of carbonyl (C=O) groups excluding carboxylic acids is 2. The molecule has 1 aliphatic heterocycles. The van der Waals surface area contributed by atoms with Crippen molar-refractivity contribution >= 4 is 17.9 Å². The van der Waals surface area contributed by atoms with Crippen LogP contribution in [0.4, 0.5) is 4.39 Å². The third-order valence-electron chi connectivity index (χ3n) is 5.79. The predicted molar refractivity (Wildman–Crippen MR) is 129 cm³/mol. The van der Waals surface area contributed by atoms with Gasteiger partial charge in [0.1, 0.15) is 23.2 Å². The summed E-state index contributed by atoms with van der Waals surface area (Å²) in [5, 5.41) is 9.55. The van der Waals surface area contributed by atoms with Crippen LogP contribution in [-0.4, -0.2) is 23.3 Å². The van der Waals surface area contributed by atoms with Gasteiger partial charge in [0, 0.05) is 5.57 Å². The number of imide groups is 1. The average molecular weight is 461 g/mol. The third-order valence-corrected chi connectivity index (χ3v) is 5.79. The molecule has 0 radical (unpaired) electrons. The molecule has 0 bridgehead atoms. The summed E-state index contributed by atoms with van der Waals surface area (Å²) in [4.78, 5) is 27.0. The molecule has 0 saturated heterocycles. The van der Waals surface area contributed by atoms with Gasteiger partial charge in [0.25, 0.3) is 11.8 Å². The Morgan fingerprint density at radius 1 is 0.971 bits per heavy atom. The Bertz CT molecular complexity index is 1130. The first kappa shape index (κ1) is 24.9. The third kappa shape index (κ3) is 6.20. The summed E-state index contributed by atoms with van der Waals surface area (Å²) >= 11 is 0. The molecule has 0 aliphatic carbocycles. The van der Waals surface area contributed by atoms with E-state index in [4.69, 9.17) is 4.74 Å². The molecule has 2 aromatic rings. The van der Waals surface area contributed by atoms with Crippen molar-refractivity contribution in [2.75, 3.05) is 6.61 Å². The van der Waals surface area contributed by atoms with Crippen molar-refractivity contribution < 1.29 is 18.7 Å². The van der Waals surface area contributed by atoms with Gasteiger partial charge in [0.2, 0.25) is 0 Å². The number of carbonyl (C=O) groups is 2. The fraction of sp³-hybridized carbons (Fsp3) is 0.321. The molecule has 2 aromatic carbocycles. The smallest absolute Gasteiger partial charge is 0.271 e. The van der Waals surface area contributed by atoms with Gasteiger partial charge in [-0.25, -0.2) is 4.39 Å². The maximum Gasteiger partial charge on any atom is 0.271 e. The molecule has 2 amide bonds. The first-order chi connectivity index (χ1) is 16.4. The van der Waals surface area contributed by atoms with E-state index in [0.717, 1.165) is 29.1 Å². The maximum atomic E-state index is 13.2. The molecule has 6 heteroatoms. The maximum absolute atomic E-state index is 13.2. The summed E-state index contributed by atoms with van der Waals surface area (Å²) in [5.74, 6) is -0.781.